The standard InChI is InChI=1S/C34H37ClN8O2S/c1-21-22(2)46-33-30(21)31(25-6-8-26(35)9-7-25)36-28(32-39-38-23(3)43(32)33)12-14-40-16-18-41(19-17-40)20-24-4-10-27(11-5-24)42-15-13-29(44)37-34(42)45/h4-11,28H,12-20H2,1-3H3,(H,37,44,45)/t28-/m0/s1. The summed E-state index contributed by atoms with van der Waals surface area (Å²) >= 11 is 8.04. The smallest absolute Gasteiger partial charge is 0.301 e. The molecule has 3 amide bonds. The number of piperazine rings is 1. The van der Waals surface area contributed by atoms with Gasteiger partial charge in [0.15, 0.2) is 5.82 Å². The molecule has 1 N–H and O–H groups in total. The number of benzene rings is 2. The van der Waals surface area contributed by atoms with Crippen molar-refractivity contribution in [2.45, 2.75) is 46.2 Å². The maximum absolute atomic E-state index is 12.2. The first-order chi connectivity index (χ1) is 22.2. The minimum atomic E-state index is -0.354. The summed E-state index contributed by atoms with van der Waals surface area (Å²) in [5.41, 5.74) is 6.48. The van der Waals surface area contributed by atoms with Gasteiger partial charge in [0.05, 0.1) is 5.71 Å². The molecule has 0 unspecified atom stereocenters. The molecule has 5 heterocycles. The zero-order valence-corrected chi connectivity index (χ0v) is 27.9. The Hall–Kier alpha value is -3.90. The number of carbonyl (C=O) groups excluding carboxylic acids is 2. The summed E-state index contributed by atoms with van der Waals surface area (Å²) in [5, 5.41) is 13.4. The number of urea groups is 1. The number of fused-ring (bicyclic) bond motifs is 3. The molecular formula is C34H37ClN8O2S. The third-order valence-corrected chi connectivity index (χ3v) is 10.7. The maximum atomic E-state index is 12.2. The average molecular weight is 657 g/mol. The van der Waals surface area contributed by atoms with Gasteiger partial charge in [0.1, 0.15) is 16.9 Å². The monoisotopic (exact) mass is 656 g/mol. The molecule has 3 aliphatic heterocycles. The van der Waals surface area contributed by atoms with Crippen LogP contribution in [0.1, 0.15) is 57.7 Å². The van der Waals surface area contributed by atoms with E-state index in [-0.39, 0.29) is 18.0 Å². The van der Waals surface area contributed by atoms with Gasteiger partial charge in [-0.2, -0.15) is 0 Å². The van der Waals surface area contributed by atoms with Crippen LogP contribution in [0, 0.1) is 20.8 Å². The number of rotatable bonds is 7. The van der Waals surface area contributed by atoms with Crippen molar-refractivity contribution in [1.29, 1.82) is 0 Å². The predicted molar refractivity (Wildman–Crippen MR) is 182 cm³/mol. The highest BCUT2D eigenvalue weighted by atomic mass is 35.5. The molecule has 0 bridgehead atoms. The van der Waals surface area contributed by atoms with Gasteiger partial charge in [0.25, 0.3) is 0 Å². The molecule has 3 aliphatic rings. The first-order valence-electron chi connectivity index (χ1n) is 15.8. The fourth-order valence-electron chi connectivity index (χ4n) is 6.52. The van der Waals surface area contributed by atoms with Crippen molar-refractivity contribution in [1.82, 2.24) is 29.9 Å². The van der Waals surface area contributed by atoms with Gasteiger partial charge in [-0.3, -0.25) is 29.5 Å². The van der Waals surface area contributed by atoms with E-state index in [0.29, 0.717) is 18.0 Å². The van der Waals surface area contributed by atoms with E-state index < -0.39 is 0 Å². The van der Waals surface area contributed by atoms with Crippen molar-refractivity contribution >= 4 is 46.3 Å². The van der Waals surface area contributed by atoms with E-state index in [9.17, 15) is 9.59 Å². The molecular weight excluding hydrogens is 620 g/mol. The summed E-state index contributed by atoms with van der Waals surface area (Å²) in [6.07, 6.45) is 1.17. The predicted octanol–water partition coefficient (Wildman–Crippen LogP) is 5.45. The van der Waals surface area contributed by atoms with Crippen LogP contribution in [0.5, 0.6) is 0 Å². The molecule has 10 nitrogen and oxygen atoms in total. The minimum absolute atomic E-state index is 0.122. The van der Waals surface area contributed by atoms with Crippen LogP contribution in [-0.2, 0) is 11.3 Å². The molecule has 4 aromatic rings. The van der Waals surface area contributed by atoms with Crippen molar-refractivity contribution in [3.05, 3.63) is 92.3 Å². The zero-order valence-electron chi connectivity index (χ0n) is 26.3. The second kappa shape index (κ2) is 12.7. The van der Waals surface area contributed by atoms with Crippen LogP contribution in [0.2, 0.25) is 5.02 Å². The Morgan fingerprint density at radius 1 is 0.913 bits per heavy atom. The lowest BCUT2D eigenvalue weighted by molar-refractivity contribution is -0.120. The van der Waals surface area contributed by atoms with Gasteiger partial charge >= 0.3 is 6.03 Å². The van der Waals surface area contributed by atoms with Crippen molar-refractivity contribution < 1.29 is 9.59 Å². The number of hydrogen-bond donors (Lipinski definition) is 1. The lowest BCUT2D eigenvalue weighted by Crippen LogP contribution is -2.49. The molecule has 2 aromatic carbocycles. The third-order valence-electron chi connectivity index (χ3n) is 9.25. The van der Waals surface area contributed by atoms with Crippen LogP contribution >= 0.6 is 22.9 Å². The van der Waals surface area contributed by atoms with Crippen molar-refractivity contribution in [3.63, 3.8) is 0 Å². The molecule has 1 atom stereocenters. The van der Waals surface area contributed by atoms with Crippen LogP contribution in [0.25, 0.3) is 5.00 Å². The molecule has 2 fully saturated rings. The second-order valence-corrected chi connectivity index (χ2v) is 13.9. The second-order valence-electron chi connectivity index (χ2n) is 12.2. The van der Waals surface area contributed by atoms with Crippen molar-refractivity contribution in [3.8, 4) is 5.00 Å². The third kappa shape index (κ3) is 6.00. The number of nitrogens with one attached hydrogen (secondary N) is 1. The highest BCUT2D eigenvalue weighted by Crippen LogP contribution is 2.39. The molecule has 46 heavy (non-hydrogen) atoms. The van der Waals surface area contributed by atoms with E-state index in [4.69, 9.17) is 16.6 Å². The highest BCUT2D eigenvalue weighted by Gasteiger charge is 2.32. The Balaban J connectivity index is 1.02. The van der Waals surface area contributed by atoms with Gasteiger partial charge in [-0.15, -0.1) is 21.5 Å². The summed E-state index contributed by atoms with van der Waals surface area (Å²) in [6.45, 7) is 12.5. The molecule has 0 saturated carbocycles. The zero-order chi connectivity index (χ0) is 31.9. The van der Waals surface area contributed by atoms with E-state index in [1.165, 1.54) is 16.0 Å². The quantitative estimate of drug-likeness (QED) is 0.284. The van der Waals surface area contributed by atoms with Crippen LogP contribution in [-0.4, -0.2) is 81.5 Å². The van der Waals surface area contributed by atoms with Crippen LogP contribution < -0.4 is 10.2 Å². The Labute approximate surface area is 277 Å². The topological polar surface area (TPSA) is 99.0 Å². The number of imide groups is 1. The number of aliphatic imine (C=N–C) groups is 1. The number of aryl methyl sites for hydroxylation is 2. The van der Waals surface area contributed by atoms with Crippen LogP contribution in [0.4, 0.5) is 10.5 Å². The summed E-state index contributed by atoms with van der Waals surface area (Å²) in [4.78, 5) is 37.0. The molecule has 238 valence electrons. The number of carbonyl (C=O) groups is 2. The fourth-order valence-corrected chi connectivity index (χ4v) is 7.86. The Kier molecular flexibility index (Phi) is 8.50. The largest absolute Gasteiger partial charge is 0.328 e. The average Bonchev–Trinajstić information content (AvgIpc) is 3.52. The maximum Gasteiger partial charge on any atom is 0.328 e. The molecule has 0 radical (unpaired) electrons. The van der Waals surface area contributed by atoms with E-state index in [1.807, 2.05) is 31.2 Å². The summed E-state index contributed by atoms with van der Waals surface area (Å²) < 4.78 is 2.22. The normalized spacial score (nSPS) is 19.0. The van der Waals surface area contributed by atoms with Gasteiger partial charge in [0.2, 0.25) is 5.91 Å². The van der Waals surface area contributed by atoms with Gasteiger partial charge in [-0.25, -0.2) is 4.79 Å². The lowest BCUT2D eigenvalue weighted by atomic mass is 9.99. The summed E-state index contributed by atoms with van der Waals surface area (Å²) in [6, 6.07) is 15.6. The summed E-state index contributed by atoms with van der Waals surface area (Å²) in [5.74, 6) is 1.56. The summed E-state index contributed by atoms with van der Waals surface area (Å²) in [7, 11) is 0. The van der Waals surface area contributed by atoms with Gasteiger partial charge in [-0.1, -0.05) is 35.9 Å². The number of thiophene rings is 1. The van der Waals surface area contributed by atoms with Crippen LogP contribution in [0.3, 0.4) is 0 Å². The number of anilines is 1. The van der Waals surface area contributed by atoms with Gasteiger partial charge in [0, 0.05) is 78.9 Å². The van der Waals surface area contributed by atoms with E-state index in [1.54, 1.807) is 16.2 Å². The van der Waals surface area contributed by atoms with Crippen molar-refractivity contribution in [2.75, 3.05) is 44.2 Å². The minimum Gasteiger partial charge on any atom is -0.301 e. The molecule has 2 saturated heterocycles. The molecule has 12 heteroatoms. The van der Waals surface area contributed by atoms with E-state index >= 15 is 0 Å². The SMILES string of the molecule is Cc1sc2c(c1C)C(c1ccc(Cl)cc1)=N[C@@H](CCN1CCN(Cc3ccc(N4CCC(=O)NC4=O)cc3)CC1)c1nnc(C)n1-2. The first-order valence-corrected chi connectivity index (χ1v) is 17.0. The van der Waals surface area contributed by atoms with E-state index in [0.717, 1.165) is 84.9 Å². The Bertz CT molecular complexity index is 1810. The van der Waals surface area contributed by atoms with E-state index in [2.05, 4.69) is 68.0 Å². The fraction of sp³-hybridized carbons (Fsp3) is 0.382. The number of hydrogen-bond acceptors (Lipinski definition) is 8. The first kappa shape index (κ1) is 30.7. The molecule has 2 aromatic heterocycles. The highest BCUT2D eigenvalue weighted by molar-refractivity contribution is 7.15. The number of nitrogens with zero attached hydrogens (tertiary/aromatic N) is 7. The van der Waals surface area contributed by atoms with Crippen molar-refractivity contribution in [2.24, 2.45) is 4.99 Å². The van der Waals surface area contributed by atoms with Gasteiger partial charge in [-0.05, 0) is 62.6 Å². The molecule has 0 aliphatic carbocycles. The number of halogens is 1. The Morgan fingerprint density at radius 3 is 2.35 bits per heavy atom. The molecule has 7 rings (SSSR count). The number of aromatic nitrogens is 3. The Morgan fingerprint density at radius 2 is 1.63 bits per heavy atom. The lowest BCUT2D eigenvalue weighted by Gasteiger charge is -2.35. The molecule has 0 spiro atoms. The number of amides is 3. The van der Waals surface area contributed by atoms with Crippen LogP contribution in [0.15, 0.2) is 53.5 Å². The van der Waals surface area contributed by atoms with Gasteiger partial charge < -0.3 is 4.90 Å².